The second-order valence-corrected chi connectivity index (χ2v) is 5.95. The van der Waals surface area contributed by atoms with Crippen molar-refractivity contribution in [1.82, 2.24) is 0 Å². The Morgan fingerprint density at radius 2 is 1.22 bits per heavy atom. The minimum Gasteiger partial charge on any atom is -0.0984 e. The third-order valence-corrected chi connectivity index (χ3v) is 3.95. The normalized spacial score (nSPS) is 15.0. The summed E-state index contributed by atoms with van der Waals surface area (Å²) in [7, 11) is 0. The summed E-state index contributed by atoms with van der Waals surface area (Å²) in [6.45, 7) is 20.5. The van der Waals surface area contributed by atoms with Gasteiger partial charge in [0, 0.05) is 0 Å². The molecule has 0 saturated carbocycles. The highest BCUT2D eigenvalue weighted by Crippen LogP contribution is 2.35. The summed E-state index contributed by atoms with van der Waals surface area (Å²) in [5.41, 5.74) is 7.27. The van der Waals surface area contributed by atoms with E-state index in [2.05, 4.69) is 64.5 Å². The van der Waals surface area contributed by atoms with E-state index in [0.717, 1.165) is 32.1 Å². The van der Waals surface area contributed by atoms with E-state index in [4.69, 9.17) is 0 Å². The Bertz CT molecular complexity index is 546. The van der Waals surface area contributed by atoms with E-state index >= 15 is 0 Å². The van der Waals surface area contributed by atoms with Crippen molar-refractivity contribution in [3.05, 3.63) is 96.2 Å². The number of allylic oxidation sites excluding steroid dienone is 12. The fourth-order valence-electron chi connectivity index (χ4n) is 2.77. The predicted molar refractivity (Wildman–Crippen MR) is 105 cm³/mol. The minimum absolute atomic E-state index is 0.911. The molecule has 0 spiro atoms. The lowest BCUT2D eigenvalue weighted by Gasteiger charge is -2.01. The molecule has 0 aromatic heterocycles. The Balaban J connectivity index is 2.98. The van der Waals surface area contributed by atoms with Gasteiger partial charge in [-0.1, -0.05) is 101 Å². The third-order valence-electron chi connectivity index (χ3n) is 3.95. The van der Waals surface area contributed by atoms with Gasteiger partial charge in [-0.15, -0.1) is 0 Å². The van der Waals surface area contributed by atoms with Gasteiger partial charge in [-0.2, -0.15) is 0 Å². The number of rotatable bonds is 10. The van der Waals surface area contributed by atoms with Crippen molar-refractivity contribution in [1.29, 1.82) is 0 Å². The van der Waals surface area contributed by atoms with Crippen LogP contribution in [0.1, 0.15) is 46.0 Å². The zero-order valence-corrected chi connectivity index (χ0v) is 14.8. The van der Waals surface area contributed by atoms with E-state index in [0.29, 0.717) is 0 Å². The van der Waals surface area contributed by atoms with Gasteiger partial charge in [0.15, 0.2) is 0 Å². The summed E-state index contributed by atoms with van der Waals surface area (Å²) >= 11 is 0. The van der Waals surface area contributed by atoms with Crippen molar-refractivity contribution >= 4 is 0 Å². The molecule has 0 heterocycles. The highest BCUT2D eigenvalue weighted by atomic mass is 14.2. The molecular formula is C23H30. The van der Waals surface area contributed by atoms with E-state index in [-0.39, 0.29) is 0 Å². The average molecular weight is 306 g/mol. The van der Waals surface area contributed by atoms with E-state index in [1.807, 2.05) is 12.2 Å². The molecule has 0 heteroatoms. The first kappa shape index (κ1) is 19.0. The van der Waals surface area contributed by atoms with E-state index < -0.39 is 0 Å². The van der Waals surface area contributed by atoms with Crippen LogP contribution in [-0.2, 0) is 0 Å². The predicted octanol–water partition coefficient (Wildman–Crippen LogP) is 7.18. The highest BCUT2D eigenvalue weighted by Gasteiger charge is 2.17. The summed E-state index contributed by atoms with van der Waals surface area (Å²) in [5.74, 6) is 0. The first-order chi connectivity index (χ1) is 11.1. The van der Waals surface area contributed by atoms with Gasteiger partial charge >= 0.3 is 0 Å². The first-order valence-corrected chi connectivity index (χ1v) is 8.50. The molecule has 23 heavy (non-hydrogen) atoms. The van der Waals surface area contributed by atoms with Crippen LogP contribution in [0, 0.1) is 0 Å². The van der Waals surface area contributed by atoms with E-state index in [1.165, 1.54) is 33.4 Å². The maximum atomic E-state index is 4.10. The molecule has 0 unspecified atom stereocenters. The van der Waals surface area contributed by atoms with E-state index in [9.17, 15) is 0 Å². The number of hydrogen-bond donors (Lipinski definition) is 0. The molecule has 1 aliphatic rings. The quantitative estimate of drug-likeness (QED) is 0.375. The van der Waals surface area contributed by atoms with Crippen LogP contribution in [0.5, 0.6) is 0 Å². The summed E-state index contributed by atoms with van der Waals surface area (Å²) < 4.78 is 0. The molecule has 122 valence electrons. The minimum atomic E-state index is 0.911. The van der Waals surface area contributed by atoms with Gasteiger partial charge in [0.2, 0.25) is 0 Å². The fourth-order valence-corrected chi connectivity index (χ4v) is 2.77. The summed E-state index contributed by atoms with van der Waals surface area (Å²) in [6, 6.07) is 0. The topological polar surface area (TPSA) is 0 Å². The Morgan fingerprint density at radius 3 is 1.52 bits per heavy atom. The molecule has 0 aromatic rings. The summed E-state index contributed by atoms with van der Waals surface area (Å²) in [5, 5.41) is 0. The molecular weight excluding hydrogens is 276 g/mol. The molecule has 0 nitrogen and oxygen atoms in total. The largest absolute Gasteiger partial charge is 0.0984 e. The fraction of sp³-hybridized carbons (Fsp3) is 0.304. The van der Waals surface area contributed by atoms with Crippen molar-refractivity contribution in [3.63, 3.8) is 0 Å². The van der Waals surface area contributed by atoms with Crippen LogP contribution in [0.3, 0.4) is 0 Å². The van der Waals surface area contributed by atoms with Crippen LogP contribution in [0.15, 0.2) is 96.2 Å². The van der Waals surface area contributed by atoms with E-state index in [1.54, 1.807) is 0 Å². The molecule has 0 aromatic carbocycles. The zero-order chi connectivity index (χ0) is 17.2. The van der Waals surface area contributed by atoms with Gasteiger partial charge in [-0.3, -0.25) is 0 Å². The molecule has 0 atom stereocenters. The van der Waals surface area contributed by atoms with Crippen LogP contribution in [0.25, 0.3) is 0 Å². The smallest absolute Gasteiger partial charge is 0.00135 e. The lowest BCUT2D eigenvalue weighted by molar-refractivity contribution is 0.929. The maximum absolute atomic E-state index is 4.10. The van der Waals surface area contributed by atoms with Crippen LogP contribution in [0.4, 0.5) is 0 Å². The second kappa shape index (κ2) is 9.84. The monoisotopic (exact) mass is 306 g/mol. The molecule has 0 fully saturated rings. The summed E-state index contributed by atoms with van der Waals surface area (Å²) in [4.78, 5) is 0. The molecule has 0 amide bonds. The van der Waals surface area contributed by atoms with Gasteiger partial charge in [-0.25, -0.2) is 0 Å². The lowest BCUT2D eigenvalue weighted by atomic mass is 10.0. The van der Waals surface area contributed by atoms with Gasteiger partial charge in [0.25, 0.3) is 0 Å². The Labute approximate surface area is 142 Å². The van der Waals surface area contributed by atoms with Gasteiger partial charge < -0.3 is 0 Å². The molecule has 0 radical (unpaired) electrons. The first-order valence-electron chi connectivity index (χ1n) is 8.50. The third kappa shape index (κ3) is 5.56. The number of hydrogen-bond acceptors (Lipinski definition) is 0. The Morgan fingerprint density at radius 1 is 0.826 bits per heavy atom. The maximum Gasteiger partial charge on any atom is -0.00135 e. The van der Waals surface area contributed by atoms with Crippen molar-refractivity contribution in [2.24, 2.45) is 0 Å². The molecule has 1 rings (SSSR count). The van der Waals surface area contributed by atoms with Crippen molar-refractivity contribution < 1.29 is 0 Å². The van der Waals surface area contributed by atoms with Crippen LogP contribution < -0.4 is 0 Å². The van der Waals surface area contributed by atoms with Gasteiger partial charge in [-0.05, 0) is 41.6 Å². The highest BCUT2D eigenvalue weighted by molar-refractivity contribution is 5.62. The van der Waals surface area contributed by atoms with Gasteiger partial charge in [0.05, 0.1) is 0 Å². The van der Waals surface area contributed by atoms with Crippen LogP contribution in [-0.4, -0.2) is 0 Å². The van der Waals surface area contributed by atoms with Crippen molar-refractivity contribution in [2.45, 2.75) is 46.0 Å². The molecule has 0 N–H and O–H groups in total. The Hall–Kier alpha value is -2.08. The molecule has 0 saturated heterocycles. The Kier molecular flexibility index (Phi) is 8.11. The van der Waals surface area contributed by atoms with Gasteiger partial charge in [0.1, 0.15) is 0 Å². The standard InChI is InChI=1S/C23H30/c1-7-11-18(5)13-15-20-17-21(16-14-19(6)12-8-2)23(10-4)22(20)9-3/h9-10,13-16H,3-8,11-12,17H2,1-2H3/b15-13-,16-14-. The van der Waals surface area contributed by atoms with Crippen molar-refractivity contribution in [2.75, 3.05) is 0 Å². The average Bonchev–Trinajstić information content (AvgIpc) is 2.88. The van der Waals surface area contributed by atoms with Crippen LogP contribution in [0.2, 0.25) is 0 Å². The summed E-state index contributed by atoms with van der Waals surface area (Å²) in [6.07, 6.45) is 17.7. The second-order valence-electron chi connectivity index (χ2n) is 5.95. The van der Waals surface area contributed by atoms with Crippen molar-refractivity contribution in [3.8, 4) is 0 Å². The zero-order valence-electron chi connectivity index (χ0n) is 14.8. The lowest BCUT2D eigenvalue weighted by Crippen LogP contribution is -1.82. The van der Waals surface area contributed by atoms with Crippen LogP contribution >= 0.6 is 0 Å². The molecule has 0 bridgehead atoms. The molecule has 0 aliphatic heterocycles. The SMILES string of the molecule is C=CC1=C(/C=C\C(=C)CCC)CC(/C=C\C(=C)CCC)=C1C=C. The molecule has 1 aliphatic carbocycles.